The molecule has 154 valence electrons. The fraction of sp³-hybridized carbons (Fsp3) is 0.273. The molecule has 3 aromatic heterocycles. The highest BCUT2D eigenvalue weighted by molar-refractivity contribution is 5.74. The van der Waals surface area contributed by atoms with Crippen LogP contribution >= 0.6 is 0 Å². The Kier molecular flexibility index (Phi) is 5.22. The standard InChI is InChI=1S/C22H24N6O2/c1-22(2,3)28-19-17(13-25-28)20(29)27-21(26-19)24-12-16-9-10-23-18(11-16)30-14-15-7-5-4-6-8-15/h4-11,13H,12,14H2,1-3H3,(H2,24,26,27,29). The number of aromatic amines is 1. The molecule has 0 saturated heterocycles. The van der Waals surface area contributed by atoms with Gasteiger partial charge in [0.1, 0.15) is 12.0 Å². The van der Waals surface area contributed by atoms with Crippen LogP contribution in [-0.2, 0) is 18.7 Å². The van der Waals surface area contributed by atoms with Crippen LogP contribution < -0.4 is 15.6 Å². The van der Waals surface area contributed by atoms with Gasteiger partial charge in [0.05, 0.1) is 11.7 Å². The number of hydrogen-bond donors (Lipinski definition) is 2. The molecule has 3 heterocycles. The molecule has 4 aromatic rings. The Bertz CT molecular complexity index is 1210. The molecule has 0 aliphatic heterocycles. The number of ether oxygens (including phenoxy) is 1. The van der Waals surface area contributed by atoms with Gasteiger partial charge < -0.3 is 10.1 Å². The van der Waals surface area contributed by atoms with Gasteiger partial charge in [0, 0.05) is 18.8 Å². The van der Waals surface area contributed by atoms with Gasteiger partial charge in [-0.2, -0.15) is 10.1 Å². The summed E-state index contributed by atoms with van der Waals surface area (Å²) in [5, 5.41) is 7.97. The minimum Gasteiger partial charge on any atom is -0.473 e. The van der Waals surface area contributed by atoms with Crippen molar-refractivity contribution in [2.45, 2.75) is 39.5 Å². The lowest BCUT2D eigenvalue weighted by molar-refractivity contribution is 0.293. The molecule has 2 N–H and O–H groups in total. The quantitative estimate of drug-likeness (QED) is 0.511. The summed E-state index contributed by atoms with van der Waals surface area (Å²) < 4.78 is 7.54. The Morgan fingerprint density at radius 3 is 2.70 bits per heavy atom. The Hall–Kier alpha value is -3.68. The maximum absolute atomic E-state index is 12.4. The van der Waals surface area contributed by atoms with Crippen LogP contribution in [0.5, 0.6) is 5.88 Å². The second kappa shape index (κ2) is 7.98. The van der Waals surface area contributed by atoms with Crippen molar-refractivity contribution >= 4 is 17.0 Å². The second-order valence-corrected chi connectivity index (χ2v) is 8.01. The van der Waals surface area contributed by atoms with Crippen LogP contribution in [-0.4, -0.2) is 24.7 Å². The lowest BCUT2D eigenvalue weighted by Crippen LogP contribution is -2.24. The number of pyridine rings is 1. The van der Waals surface area contributed by atoms with E-state index in [0.29, 0.717) is 36.0 Å². The molecule has 0 aliphatic rings. The third kappa shape index (κ3) is 4.32. The first-order valence-electron chi connectivity index (χ1n) is 9.74. The summed E-state index contributed by atoms with van der Waals surface area (Å²) in [5.41, 5.74) is 2.08. The van der Waals surface area contributed by atoms with Gasteiger partial charge in [-0.1, -0.05) is 30.3 Å². The molecule has 8 heteroatoms. The number of nitrogens with one attached hydrogen (secondary N) is 2. The monoisotopic (exact) mass is 404 g/mol. The minimum atomic E-state index is -0.282. The first kappa shape index (κ1) is 19.6. The molecule has 30 heavy (non-hydrogen) atoms. The van der Waals surface area contributed by atoms with E-state index >= 15 is 0 Å². The Labute approximate surface area is 174 Å². The number of fused-ring (bicyclic) bond motifs is 1. The van der Waals surface area contributed by atoms with Crippen LogP contribution in [0.25, 0.3) is 11.0 Å². The first-order chi connectivity index (χ1) is 14.4. The van der Waals surface area contributed by atoms with Crippen molar-refractivity contribution in [3.05, 3.63) is 76.3 Å². The normalized spacial score (nSPS) is 11.6. The zero-order valence-corrected chi connectivity index (χ0v) is 17.2. The Morgan fingerprint density at radius 1 is 1.13 bits per heavy atom. The SMILES string of the molecule is CC(C)(C)n1ncc2c(=O)[nH]c(NCc3ccnc(OCc4ccccc4)c3)nc21. The summed E-state index contributed by atoms with van der Waals surface area (Å²) in [4.78, 5) is 24.0. The Morgan fingerprint density at radius 2 is 1.93 bits per heavy atom. The van der Waals surface area contributed by atoms with Gasteiger partial charge in [-0.25, -0.2) is 9.67 Å². The lowest BCUT2D eigenvalue weighted by atomic mass is 10.1. The molecule has 4 rings (SSSR count). The molecule has 0 bridgehead atoms. The van der Waals surface area contributed by atoms with Crippen molar-refractivity contribution in [1.82, 2.24) is 24.7 Å². The summed E-state index contributed by atoms with van der Waals surface area (Å²) in [7, 11) is 0. The highest BCUT2D eigenvalue weighted by Crippen LogP contribution is 2.19. The summed E-state index contributed by atoms with van der Waals surface area (Å²) in [6.45, 7) is 6.96. The zero-order valence-electron chi connectivity index (χ0n) is 17.2. The summed E-state index contributed by atoms with van der Waals surface area (Å²) in [5.74, 6) is 0.933. The van der Waals surface area contributed by atoms with E-state index in [1.807, 2.05) is 63.2 Å². The molecule has 0 saturated carbocycles. The van der Waals surface area contributed by atoms with Crippen LogP contribution in [0.3, 0.4) is 0 Å². The maximum Gasteiger partial charge on any atom is 0.263 e. The molecule has 0 fully saturated rings. The average molecular weight is 404 g/mol. The molecule has 1 aromatic carbocycles. The van der Waals surface area contributed by atoms with Gasteiger partial charge in [0.15, 0.2) is 5.65 Å². The maximum atomic E-state index is 12.4. The third-order valence-electron chi connectivity index (χ3n) is 4.56. The van der Waals surface area contributed by atoms with Gasteiger partial charge >= 0.3 is 0 Å². The van der Waals surface area contributed by atoms with E-state index < -0.39 is 0 Å². The van der Waals surface area contributed by atoms with Crippen LogP contribution in [0.4, 0.5) is 5.95 Å². The fourth-order valence-corrected chi connectivity index (χ4v) is 3.05. The lowest BCUT2D eigenvalue weighted by Gasteiger charge is -2.19. The summed E-state index contributed by atoms with van der Waals surface area (Å²) >= 11 is 0. The number of aromatic nitrogens is 5. The number of nitrogens with zero attached hydrogens (tertiary/aromatic N) is 4. The predicted octanol–water partition coefficient (Wildman–Crippen LogP) is 3.46. The number of benzene rings is 1. The molecular formula is C22H24N6O2. The number of H-pyrrole nitrogens is 1. The summed E-state index contributed by atoms with van der Waals surface area (Å²) in [6, 6.07) is 13.7. The Balaban J connectivity index is 1.48. The van der Waals surface area contributed by atoms with E-state index in [1.165, 1.54) is 0 Å². The number of hydrogen-bond acceptors (Lipinski definition) is 6. The van der Waals surface area contributed by atoms with E-state index in [0.717, 1.165) is 11.1 Å². The van der Waals surface area contributed by atoms with Crippen molar-refractivity contribution in [3.63, 3.8) is 0 Å². The molecule has 0 radical (unpaired) electrons. The molecule has 0 spiro atoms. The van der Waals surface area contributed by atoms with E-state index in [2.05, 4.69) is 25.4 Å². The van der Waals surface area contributed by atoms with E-state index in [1.54, 1.807) is 17.1 Å². The molecular weight excluding hydrogens is 380 g/mol. The molecule has 0 unspecified atom stereocenters. The third-order valence-corrected chi connectivity index (χ3v) is 4.56. The largest absolute Gasteiger partial charge is 0.473 e. The van der Waals surface area contributed by atoms with Gasteiger partial charge in [0.25, 0.3) is 5.56 Å². The van der Waals surface area contributed by atoms with Crippen LogP contribution in [0, 0.1) is 0 Å². The number of anilines is 1. The smallest absolute Gasteiger partial charge is 0.263 e. The van der Waals surface area contributed by atoms with Crippen LogP contribution in [0.15, 0.2) is 59.7 Å². The van der Waals surface area contributed by atoms with Gasteiger partial charge in [-0.05, 0) is 38.0 Å². The van der Waals surface area contributed by atoms with Crippen LogP contribution in [0.1, 0.15) is 31.9 Å². The van der Waals surface area contributed by atoms with Gasteiger partial charge in [-0.3, -0.25) is 9.78 Å². The van der Waals surface area contributed by atoms with Crippen LogP contribution in [0.2, 0.25) is 0 Å². The highest BCUT2D eigenvalue weighted by atomic mass is 16.5. The molecule has 8 nitrogen and oxygen atoms in total. The predicted molar refractivity (Wildman–Crippen MR) is 115 cm³/mol. The van der Waals surface area contributed by atoms with E-state index in [-0.39, 0.29) is 11.1 Å². The van der Waals surface area contributed by atoms with Crippen molar-refractivity contribution in [2.24, 2.45) is 0 Å². The average Bonchev–Trinajstić information content (AvgIpc) is 3.17. The van der Waals surface area contributed by atoms with Crippen molar-refractivity contribution in [1.29, 1.82) is 0 Å². The number of rotatable bonds is 6. The van der Waals surface area contributed by atoms with Crippen molar-refractivity contribution in [3.8, 4) is 5.88 Å². The molecule has 0 aliphatic carbocycles. The minimum absolute atomic E-state index is 0.223. The molecule has 0 amide bonds. The first-order valence-corrected chi connectivity index (χ1v) is 9.74. The van der Waals surface area contributed by atoms with Gasteiger partial charge in [-0.15, -0.1) is 0 Å². The highest BCUT2D eigenvalue weighted by Gasteiger charge is 2.19. The second-order valence-electron chi connectivity index (χ2n) is 8.01. The van der Waals surface area contributed by atoms with Crippen molar-refractivity contribution < 1.29 is 4.74 Å². The fourth-order valence-electron chi connectivity index (χ4n) is 3.05. The van der Waals surface area contributed by atoms with Crippen molar-refractivity contribution in [2.75, 3.05) is 5.32 Å². The van der Waals surface area contributed by atoms with E-state index in [4.69, 9.17) is 4.74 Å². The topological polar surface area (TPSA) is 97.7 Å². The molecule has 0 atom stereocenters. The summed E-state index contributed by atoms with van der Waals surface area (Å²) in [6.07, 6.45) is 3.25. The van der Waals surface area contributed by atoms with E-state index in [9.17, 15) is 4.79 Å². The van der Waals surface area contributed by atoms with Gasteiger partial charge in [0.2, 0.25) is 11.8 Å². The zero-order chi connectivity index (χ0) is 21.1.